The van der Waals surface area contributed by atoms with Gasteiger partial charge in [0.2, 0.25) is 0 Å². The minimum absolute atomic E-state index is 0.0145. The topological polar surface area (TPSA) is 18.5 Å². The van der Waals surface area contributed by atoms with E-state index in [1.807, 2.05) is 13.0 Å². The molecular weight excluding hydrogens is 300 g/mol. The summed E-state index contributed by atoms with van der Waals surface area (Å²) < 4.78 is 12.0. The molecular formula is C9H14Br2O2. The molecule has 1 unspecified atom stereocenters. The van der Waals surface area contributed by atoms with E-state index in [4.69, 9.17) is 9.47 Å². The average molecular weight is 314 g/mol. The van der Waals surface area contributed by atoms with E-state index in [1.54, 1.807) is 0 Å². The monoisotopic (exact) mass is 312 g/mol. The van der Waals surface area contributed by atoms with Crippen LogP contribution in [0, 0.1) is 0 Å². The molecule has 1 aliphatic heterocycles. The van der Waals surface area contributed by atoms with E-state index in [9.17, 15) is 0 Å². The van der Waals surface area contributed by atoms with E-state index in [2.05, 4.69) is 31.9 Å². The molecule has 0 aliphatic carbocycles. The molecule has 1 rings (SSSR count). The molecule has 2 atom stereocenters. The van der Waals surface area contributed by atoms with Crippen molar-refractivity contribution in [3.05, 3.63) is 9.47 Å². The molecule has 1 aliphatic rings. The van der Waals surface area contributed by atoms with Gasteiger partial charge in [-0.3, -0.25) is 0 Å². The van der Waals surface area contributed by atoms with E-state index in [1.165, 1.54) is 6.42 Å². The second-order valence-corrected chi connectivity index (χ2v) is 5.87. The summed E-state index contributed by atoms with van der Waals surface area (Å²) in [6, 6.07) is 0. The molecule has 0 radical (unpaired) electrons. The van der Waals surface area contributed by atoms with Crippen LogP contribution < -0.4 is 0 Å². The van der Waals surface area contributed by atoms with Crippen LogP contribution in [-0.4, -0.2) is 19.0 Å². The molecule has 0 bridgehead atoms. The molecule has 2 nitrogen and oxygen atoms in total. The van der Waals surface area contributed by atoms with Gasteiger partial charge in [0, 0.05) is 6.61 Å². The van der Waals surface area contributed by atoms with Gasteiger partial charge in [-0.05, 0) is 64.1 Å². The van der Waals surface area contributed by atoms with E-state index in [-0.39, 0.29) is 12.4 Å². The lowest BCUT2D eigenvalue weighted by molar-refractivity contribution is -0.174. The maximum absolute atomic E-state index is 5.64. The largest absolute Gasteiger partial charge is 0.353 e. The quantitative estimate of drug-likeness (QED) is 0.793. The molecule has 76 valence electrons. The first-order chi connectivity index (χ1) is 6.18. The van der Waals surface area contributed by atoms with Crippen LogP contribution in [0.15, 0.2) is 9.47 Å². The smallest absolute Gasteiger partial charge is 0.158 e. The highest BCUT2D eigenvalue weighted by molar-refractivity contribution is 9.28. The molecule has 1 fully saturated rings. The summed E-state index contributed by atoms with van der Waals surface area (Å²) in [7, 11) is 0. The van der Waals surface area contributed by atoms with Crippen LogP contribution in [0.2, 0.25) is 0 Å². The van der Waals surface area contributed by atoms with Crippen molar-refractivity contribution in [2.24, 2.45) is 0 Å². The maximum Gasteiger partial charge on any atom is 0.158 e. The van der Waals surface area contributed by atoms with Gasteiger partial charge in [-0.25, -0.2) is 0 Å². The van der Waals surface area contributed by atoms with Crippen LogP contribution in [0.3, 0.4) is 0 Å². The molecule has 4 heteroatoms. The van der Waals surface area contributed by atoms with Crippen LogP contribution in [0.1, 0.15) is 26.2 Å². The summed E-state index contributed by atoms with van der Waals surface area (Å²) in [5.41, 5.74) is 0. The minimum atomic E-state index is -0.0145. The third-order valence-electron chi connectivity index (χ3n) is 1.87. The first-order valence-electron chi connectivity index (χ1n) is 4.48. The van der Waals surface area contributed by atoms with Gasteiger partial charge in [0.05, 0.1) is 9.50 Å². The molecule has 0 saturated carbocycles. The van der Waals surface area contributed by atoms with E-state index >= 15 is 0 Å². The third-order valence-corrected chi connectivity index (χ3v) is 2.39. The molecule has 0 amide bonds. The lowest BCUT2D eigenvalue weighted by atomic mass is 10.2. The van der Waals surface area contributed by atoms with Crippen LogP contribution in [0.5, 0.6) is 0 Å². The van der Waals surface area contributed by atoms with Gasteiger partial charge < -0.3 is 9.47 Å². The predicted molar refractivity (Wildman–Crippen MR) is 60.1 cm³/mol. The summed E-state index contributed by atoms with van der Waals surface area (Å²) in [5, 5.41) is 0. The minimum Gasteiger partial charge on any atom is -0.353 e. The predicted octanol–water partition coefficient (Wildman–Crippen LogP) is 3.55. The molecule has 1 heterocycles. The van der Waals surface area contributed by atoms with Crippen molar-refractivity contribution in [1.82, 2.24) is 0 Å². The van der Waals surface area contributed by atoms with Crippen molar-refractivity contribution >= 4 is 31.9 Å². The Morgan fingerprint density at radius 3 is 2.85 bits per heavy atom. The van der Waals surface area contributed by atoms with Gasteiger partial charge >= 0.3 is 0 Å². The van der Waals surface area contributed by atoms with Gasteiger partial charge in [-0.2, -0.15) is 0 Å². The Labute approximate surface area is 95.9 Å². The summed E-state index contributed by atoms with van der Waals surface area (Å²) >= 11 is 6.59. The third kappa shape index (κ3) is 5.15. The lowest BCUT2D eigenvalue weighted by Gasteiger charge is -2.24. The maximum atomic E-state index is 5.64. The highest BCUT2D eigenvalue weighted by Crippen LogP contribution is 2.19. The van der Waals surface area contributed by atoms with Crippen molar-refractivity contribution in [3.63, 3.8) is 0 Å². The summed E-state index contributed by atoms with van der Waals surface area (Å²) in [6.07, 6.45) is 5.40. The van der Waals surface area contributed by atoms with Gasteiger partial charge in [0.15, 0.2) is 6.29 Å². The Hall–Kier alpha value is 0.620. The number of halogens is 2. The first kappa shape index (κ1) is 11.7. The molecule has 0 aromatic rings. The van der Waals surface area contributed by atoms with Crippen molar-refractivity contribution in [1.29, 1.82) is 0 Å². The van der Waals surface area contributed by atoms with E-state index in [0.29, 0.717) is 0 Å². The van der Waals surface area contributed by atoms with Crippen molar-refractivity contribution in [2.45, 2.75) is 38.6 Å². The second-order valence-electron chi connectivity index (χ2n) is 3.09. The Morgan fingerprint density at radius 1 is 1.54 bits per heavy atom. The Kier molecular flexibility index (Phi) is 5.55. The Bertz CT molecular complexity index is 172. The summed E-state index contributed by atoms with van der Waals surface area (Å²) in [5.74, 6) is 0. The number of ether oxygens (including phenoxy) is 2. The van der Waals surface area contributed by atoms with Crippen molar-refractivity contribution in [3.8, 4) is 0 Å². The average Bonchev–Trinajstić information content (AvgIpc) is 2.04. The van der Waals surface area contributed by atoms with Crippen LogP contribution in [0.4, 0.5) is 0 Å². The van der Waals surface area contributed by atoms with Gasteiger partial charge in [0.1, 0.15) is 0 Å². The van der Waals surface area contributed by atoms with Crippen LogP contribution in [0.25, 0.3) is 0 Å². The zero-order valence-corrected chi connectivity index (χ0v) is 10.8. The molecule has 0 aromatic carbocycles. The van der Waals surface area contributed by atoms with Crippen molar-refractivity contribution < 1.29 is 9.47 Å². The zero-order valence-electron chi connectivity index (χ0n) is 7.63. The molecule has 0 aromatic heterocycles. The summed E-state index contributed by atoms with van der Waals surface area (Å²) in [4.78, 5) is 0. The highest BCUT2D eigenvalue weighted by Gasteiger charge is 2.15. The zero-order chi connectivity index (χ0) is 9.68. The first-order valence-corrected chi connectivity index (χ1v) is 6.07. The fourth-order valence-electron chi connectivity index (χ4n) is 1.27. The number of hydrogen-bond acceptors (Lipinski definition) is 2. The fraction of sp³-hybridized carbons (Fsp3) is 0.778. The second kappa shape index (κ2) is 6.17. The van der Waals surface area contributed by atoms with E-state index in [0.717, 1.165) is 22.8 Å². The van der Waals surface area contributed by atoms with Crippen LogP contribution >= 0.6 is 31.9 Å². The fourth-order valence-corrected chi connectivity index (χ4v) is 2.02. The number of hydrogen-bond donors (Lipinski definition) is 0. The van der Waals surface area contributed by atoms with Crippen molar-refractivity contribution in [2.75, 3.05) is 6.61 Å². The standard InChI is InChI=1S/C9H14Br2O2/c1-7(6-8(10)11)13-9-4-2-3-5-12-9/h6-7,9H,2-5H2,1H3/t7-,9?/m1/s1. The van der Waals surface area contributed by atoms with E-state index < -0.39 is 0 Å². The molecule has 0 spiro atoms. The van der Waals surface area contributed by atoms with Gasteiger partial charge in [0.25, 0.3) is 0 Å². The normalized spacial score (nSPS) is 25.3. The Morgan fingerprint density at radius 2 is 2.31 bits per heavy atom. The Balaban J connectivity index is 2.26. The lowest BCUT2D eigenvalue weighted by Crippen LogP contribution is -2.25. The SMILES string of the molecule is C[C@H](C=C(Br)Br)OC1CCCCO1. The van der Waals surface area contributed by atoms with Gasteiger partial charge in [-0.1, -0.05) is 0 Å². The van der Waals surface area contributed by atoms with Crippen LogP contribution in [-0.2, 0) is 9.47 Å². The molecule has 13 heavy (non-hydrogen) atoms. The molecule has 0 N–H and O–H groups in total. The molecule has 1 saturated heterocycles. The highest BCUT2D eigenvalue weighted by atomic mass is 79.9. The van der Waals surface area contributed by atoms with Gasteiger partial charge in [-0.15, -0.1) is 0 Å². The summed E-state index contributed by atoms with van der Waals surface area (Å²) in [6.45, 7) is 2.83. The number of rotatable bonds is 3.